The van der Waals surface area contributed by atoms with Gasteiger partial charge in [0.1, 0.15) is 12.2 Å². The number of hydrogen-bond donors (Lipinski definition) is 0. The van der Waals surface area contributed by atoms with Gasteiger partial charge in [0, 0.05) is 11.8 Å². The van der Waals surface area contributed by atoms with E-state index in [-0.39, 0.29) is 23.8 Å². The second kappa shape index (κ2) is 8.34. The topological polar surface area (TPSA) is 52.6 Å². The molecule has 0 saturated heterocycles. The molecule has 4 nitrogen and oxygen atoms in total. The molecule has 2 bridgehead atoms. The molecule has 0 radical (unpaired) electrons. The Labute approximate surface area is 209 Å². The van der Waals surface area contributed by atoms with E-state index in [0.717, 1.165) is 12.8 Å². The van der Waals surface area contributed by atoms with E-state index in [4.69, 9.17) is 9.47 Å². The van der Waals surface area contributed by atoms with Crippen molar-refractivity contribution < 1.29 is 19.1 Å². The maximum atomic E-state index is 13.1. The maximum absolute atomic E-state index is 13.1. The van der Waals surface area contributed by atoms with Gasteiger partial charge in [0.15, 0.2) is 0 Å². The van der Waals surface area contributed by atoms with E-state index in [1.165, 1.54) is 21.9 Å². The van der Waals surface area contributed by atoms with Gasteiger partial charge in [0.2, 0.25) is 0 Å². The monoisotopic (exact) mass is 474 g/mol. The zero-order valence-electron chi connectivity index (χ0n) is 19.7. The number of rotatable bonds is 4. The fourth-order valence-corrected chi connectivity index (χ4v) is 7.13. The minimum absolute atomic E-state index is 0.128. The molecule has 36 heavy (non-hydrogen) atoms. The Morgan fingerprint density at radius 2 is 1.19 bits per heavy atom. The van der Waals surface area contributed by atoms with Crippen LogP contribution in [0, 0.1) is 17.8 Å². The highest BCUT2D eigenvalue weighted by Gasteiger charge is 2.63. The standard InChI is InChI=1S/C32H26O4/c33-31(20-10-3-1-4-11-20)35-29-26-18-27(30(29)36-32(34)21-12-5-2-6-13-21)28-23-16-15-19-9-7-8-14-22(19)24(23)17-25(26)28/h1-16,25-30H,17-18H2. The maximum Gasteiger partial charge on any atom is 0.338 e. The van der Waals surface area contributed by atoms with E-state index < -0.39 is 12.2 Å². The predicted octanol–water partition coefficient (Wildman–Crippen LogP) is 6.20. The molecule has 3 aliphatic rings. The molecule has 6 atom stereocenters. The molecule has 3 aliphatic carbocycles. The van der Waals surface area contributed by atoms with Gasteiger partial charge in [-0.25, -0.2) is 9.59 Å². The van der Waals surface area contributed by atoms with Crippen LogP contribution in [0.5, 0.6) is 0 Å². The van der Waals surface area contributed by atoms with Gasteiger partial charge in [-0.15, -0.1) is 0 Å². The van der Waals surface area contributed by atoms with Gasteiger partial charge in [0.25, 0.3) is 0 Å². The largest absolute Gasteiger partial charge is 0.455 e. The summed E-state index contributed by atoms with van der Waals surface area (Å²) in [6.07, 6.45) is 0.966. The van der Waals surface area contributed by atoms with Crippen LogP contribution in [0.25, 0.3) is 10.8 Å². The van der Waals surface area contributed by atoms with Crippen LogP contribution in [0.2, 0.25) is 0 Å². The van der Waals surface area contributed by atoms with Crippen molar-refractivity contribution in [2.24, 2.45) is 17.8 Å². The van der Waals surface area contributed by atoms with E-state index >= 15 is 0 Å². The summed E-state index contributed by atoms with van der Waals surface area (Å²) in [7, 11) is 0. The Kier molecular flexibility index (Phi) is 4.95. The molecule has 0 amide bonds. The third kappa shape index (κ3) is 3.28. The number of fused-ring (bicyclic) bond motifs is 9. The van der Waals surface area contributed by atoms with Crippen molar-refractivity contribution in [2.75, 3.05) is 0 Å². The van der Waals surface area contributed by atoms with Crippen LogP contribution >= 0.6 is 0 Å². The SMILES string of the molecule is O=C(OC1C2CC(C1OC(=O)c1ccccc1)C1c3ccc4ccccc4c3CC21)c1ccccc1. The number of ether oxygens (including phenoxy) is 2. The Morgan fingerprint density at radius 3 is 1.86 bits per heavy atom. The number of carbonyl (C=O) groups excluding carboxylic acids is 2. The first-order valence-electron chi connectivity index (χ1n) is 12.7. The molecule has 2 saturated carbocycles. The third-order valence-corrected chi connectivity index (χ3v) is 8.57. The summed E-state index contributed by atoms with van der Waals surface area (Å²) in [5.74, 6) is 0.274. The molecule has 4 aromatic carbocycles. The van der Waals surface area contributed by atoms with Crippen LogP contribution in [-0.2, 0) is 15.9 Å². The molecule has 0 aromatic heterocycles. The zero-order valence-corrected chi connectivity index (χ0v) is 19.7. The van der Waals surface area contributed by atoms with Crippen LogP contribution < -0.4 is 0 Å². The van der Waals surface area contributed by atoms with Gasteiger partial charge >= 0.3 is 11.9 Å². The fourth-order valence-electron chi connectivity index (χ4n) is 7.13. The molecule has 0 aliphatic heterocycles. The van der Waals surface area contributed by atoms with Crippen LogP contribution in [0.1, 0.15) is 44.2 Å². The van der Waals surface area contributed by atoms with E-state index in [1.54, 1.807) is 24.3 Å². The van der Waals surface area contributed by atoms with E-state index in [0.29, 0.717) is 23.0 Å². The molecule has 4 heteroatoms. The van der Waals surface area contributed by atoms with Gasteiger partial charge in [-0.05, 0) is 70.8 Å². The molecule has 0 spiro atoms. The highest BCUT2D eigenvalue weighted by atomic mass is 16.6. The van der Waals surface area contributed by atoms with Gasteiger partial charge < -0.3 is 9.47 Å². The van der Waals surface area contributed by atoms with Crippen molar-refractivity contribution >= 4 is 22.7 Å². The Balaban J connectivity index is 1.25. The van der Waals surface area contributed by atoms with Crippen molar-refractivity contribution in [1.29, 1.82) is 0 Å². The normalized spacial score (nSPS) is 27.4. The summed E-state index contributed by atoms with van der Waals surface area (Å²) < 4.78 is 12.3. The molecule has 7 rings (SSSR count). The van der Waals surface area contributed by atoms with Crippen molar-refractivity contribution in [1.82, 2.24) is 0 Å². The summed E-state index contributed by atoms with van der Waals surface area (Å²) in [4.78, 5) is 26.2. The lowest BCUT2D eigenvalue weighted by Crippen LogP contribution is -2.45. The minimum Gasteiger partial charge on any atom is -0.455 e. The highest BCUT2D eigenvalue weighted by Crippen LogP contribution is 2.63. The predicted molar refractivity (Wildman–Crippen MR) is 137 cm³/mol. The quantitative estimate of drug-likeness (QED) is 0.331. The van der Waals surface area contributed by atoms with Gasteiger partial charge in [0.05, 0.1) is 11.1 Å². The van der Waals surface area contributed by atoms with Crippen molar-refractivity contribution in [2.45, 2.75) is 31.0 Å². The lowest BCUT2D eigenvalue weighted by atomic mass is 9.76. The van der Waals surface area contributed by atoms with E-state index in [9.17, 15) is 9.59 Å². The van der Waals surface area contributed by atoms with Gasteiger partial charge in [-0.1, -0.05) is 72.8 Å². The first-order chi connectivity index (χ1) is 17.7. The number of hydrogen-bond acceptors (Lipinski definition) is 4. The molecule has 178 valence electrons. The Bertz CT molecular complexity index is 1460. The third-order valence-electron chi connectivity index (χ3n) is 8.57. The Hall–Kier alpha value is -3.92. The summed E-state index contributed by atoms with van der Waals surface area (Å²) >= 11 is 0. The van der Waals surface area contributed by atoms with Crippen molar-refractivity contribution in [3.05, 3.63) is 119 Å². The second-order valence-corrected chi connectivity index (χ2v) is 10.3. The van der Waals surface area contributed by atoms with Crippen LogP contribution in [0.15, 0.2) is 97.1 Å². The first kappa shape index (κ1) is 21.4. The Morgan fingerprint density at radius 1 is 0.611 bits per heavy atom. The molecule has 6 unspecified atom stereocenters. The zero-order chi connectivity index (χ0) is 24.2. The summed E-state index contributed by atoms with van der Waals surface area (Å²) in [5, 5.41) is 2.56. The highest BCUT2D eigenvalue weighted by molar-refractivity contribution is 5.91. The lowest BCUT2D eigenvalue weighted by molar-refractivity contribution is -0.0698. The number of esters is 2. The molecular formula is C32H26O4. The lowest BCUT2D eigenvalue weighted by Gasteiger charge is -2.37. The molecular weight excluding hydrogens is 448 g/mol. The number of carbonyl (C=O) groups is 2. The van der Waals surface area contributed by atoms with Crippen LogP contribution in [-0.4, -0.2) is 24.1 Å². The fraction of sp³-hybridized carbons (Fsp3) is 0.250. The second-order valence-electron chi connectivity index (χ2n) is 10.3. The van der Waals surface area contributed by atoms with Gasteiger partial charge in [-0.3, -0.25) is 0 Å². The van der Waals surface area contributed by atoms with Crippen molar-refractivity contribution in [3.8, 4) is 0 Å². The molecule has 0 heterocycles. The smallest absolute Gasteiger partial charge is 0.338 e. The average Bonchev–Trinajstić information content (AvgIpc) is 3.59. The van der Waals surface area contributed by atoms with Gasteiger partial charge in [-0.2, -0.15) is 0 Å². The van der Waals surface area contributed by atoms with Crippen molar-refractivity contribution in [3.63, 3.8) is 0 Å². The molecule has 0 N–H and O–H groups in total. The molecule has 4 aromatic rings. The number of benzene rings is 4. The summed E-state index contributed by atoms with van der Waals surface area (Å²) in [5.41, 5.74) is 3.81. The van der Waals surface area contributed by atoms with Crippen LogP contribution in [0.3, 0.4) is 0 Å². The van der Waals surface area contributed by atoms with E-state index in [2.05, 4.69) is 36.4 Å². The summed E-state index contributed by atoms with van der Waals surface area (Å²) in [6, 6.07) is 31.2. The van der Waals surface area contributed by atoms with E-state index in [1.807, 2.05) is 36.4 Å². The van der Waals surface area contributed by atoms with Crippen LogP contribution in [0.4, 0.5) is 0 Å². The summed E-state index contributed by atoms with van der Waals surface area (Å²) in [6.45, 7) is 0. The minimum atomic E-state index is -0.464. The molecule has 2 fully saturated rings. The average molecular weight is 475 g/mol. The first-order valence-corrected chi connectivity index (χ1v) is 12.7.